The largest absolute Gasteiger partial charge is 0.467 e. The molecule has 7 nitrogen and oxygen atoms in total. The van der Waals surface area contributed by atoms with Crippen LogP contribution in [0.25, 0.3) is 0 Å². The highest BCUT2D eigenvalue weighted by molar-refractivity contribution is 5.98. The molecule has 7 heteroatoms. The molecule has 1 aromatic carbocycles. The molecular formula is C22H32N2O5. The van der Waals surface area contributed by atoms with Crippen molar-refractivity contribution < 1.29 is 24.2 Å². The van der Waals surface area contributed by atoms with E-state index < -0.39 is 35.5 Å². The van der Waals surface area contributed by atoms with Gasteiger partial charge in [0.05, 0.1) is 12.7 Å². The topological polar surface area (TPSA) is 105 Å². The number of rotatable bonds is 8. The van der Waals surface area contributed by atoms with Crippen molar-refractivity contribution in [1.82, 2.24) is 10.6 Å². The van der Waals surface area contributed by atoms with E-state index in [1.165, 1.54) is 7.11 Å². The molecule has 2 amide bonds. The van der Waals surface area contributed by atoms with Crippen LogP contribution in [0, 0.1) is 5.92 Å². The van der Waals surface area contributed by atoms with Gasteiger partial charge in [-0.25, -0.2) is 4.79 Å². The fourth-order valence-electron chi connectivity index (χ4n) is 3.78. The van der Waals surface area contributed by atoms with E-state index in [1.807, 2.05) is 13.8 Å². The van der Waals surface area contributed by atoms with Crippen LogP contribution in [0.1, 0.15) is 62.7 Å². The van der Waals surface area contributed by atoms with Crippen LogP contribution in [-0.2, 0) is 14.3 Å². The molecule has 0 bridgehead atoms. The normalized spacial score (nSPS) is 17.8. The molecule has 160 valence electrons. The fourth-order valence-corrected chi connectivity index (χ4v) is 3.78. The van der Waals surface area contributed by atoms with E-state index in [2.05, 4.69) is 10.6 Å². The zero-order valence-electron chi connectivity index (χ0n) is 17.4. The summed E-state index contributed by atoms with van der Waals surface area (Å²) in [7, 11) is 1.27. The monoisotopic (exact) mass is 404 g/mol. The molecule has 0 spiro atoms. The first-order chi connectivity index (χ1) is 13.8. The van der Waals surface area contributed by atoms with Gasteiger partial charge in [0, 0.05) is 5.56 Å². The number of aliphatic hydroxyl groups is 1. The Morgan fingerprint density at radius 2 is 1.69 bits per heavy atom. The smallest absolute Gasteiger partial charge is 0.328 e. The van der Waals surface area contributed by atoms with Gasteiger partial charge in [0.2, 0.25) is 5.91 Å². The van der Waals surface area contributed by atoms with Gasteiger partial charge in [-0.2, -0.15) is 0 Å². The number of ether oxygens (including phenoxy) is 1. The van der Waals surface area contributed by atoms with E-state index >= 15 is 0 Å². The quantitative estimate of drug-likeness (QED) is 0.576. The summed E-state index contributed by atoms with van der Waals surface area (Å²) in [6.07, 6.45) is 3.74. The van der Waals surface area contributed by atoms with Crippen molar-refractivity contribution in [3.05, 3.63) is 35.9 Å². The second kappa shape index (κ2) is 10.4. The fraction of sp³-hybridized carbons (Fsp3) is 0.591. The maximum absolute atomic E-state index is 13.1. The molecular weight excluding hydrogens is 372 g/mol. The number of benzene rings is 1. The SMILES string of the molecule is COC(=O)C(CC(C)C)NC(=O)[C@@H](NC(=O)c1ccccc1)C1(O)CCCCC1. The maximum atomic E-state index is 13.1. The highest BCUT2D eigenvalue weighted by atomic mass is 16.5. The predicted molar refractivity (Wildman–Crippen MR) is 109 cm³/mol. The van der Waals surface area contributed by atoms with Crippen molar-refractivity contribution in [1.29, 1.82) is 0 Å². The summed E-state index contributed by atoms with van der Waals surface area (Å²) in [6, 6.07) is 6.55. The van der Waals surface area contributed by atoms with E-state index in [0.29, 0.717) is 24.8 Å². The molecule has 1 aliphatic rings. The van der Waals surface area contributed by atoms with Crippen molar-refractivity contribution >= 4 is 17.8 Å². The van der Waals surface area contributed by atoms with Gasteiger partial charge in [0.15, 0.2) is 0 Å². The van der Waals surface area contributed by atoms with Gasteiger partial charge in [-0.3, -0.25) is 9.59 Å². The highest BCUT2D eigenvalue weighted by Gasteiger charge is 2.44. The molecule has 29 heavy (non-hydrogen) atoms. The Morgan fingerprint density at radius 3 is 2.24 bits per heavy atom. The van der Waals surface area contributed by atoms with Crippen LogP contribution in [-0.4, -0.2) is 47.7 Å². The van der Waals surface area contributed by atoms with Gasteiger partial charge < -0.3 is 20.5 Å². The van der Waals surface area contributed by atoms with Crippen LogP contribution in [0.15, 0.2) is 30.3 Å². The number of hydrogen-bond acceptors (Lipinski definition) is 5. The van der Waals surface area contributed by atoms with Crippen LogP contribution in [0.5, 0.6) is 0 Å². The minimum absolute atomic E-state index is 0.148. The highest BCUT2D eigenvalue weighted by Crippen LogP contribution is 2.31. The summed E-state index contributed by atoms with van der Waals surface area (Å²) in [5.41, 5.74) is -0.956. The third-order valence-corrected chi connectivity index (χ3v) is 5.34. The lowest BCUT2D eigenvalue weighted by atomic mass is 9.78. The number of carbonyl (C=O) groups excluding carboxylic acids is 3. The molecule has 0 radical (unpaired) electrons. The number of hydrogen-bond donors (Lipinski definition) is 3. The minimum Gasteiger partial charge on any atom is -0.467 e. The van der Waals surface area contributed by atoms with Crippen LogP contribution < -0.4 is 10.6 Å². The first-order valence-corrected chi connectivity index (χ1v) is 10.2. The van der Waals surface area contributed by atoms with Gasteiger partial charge in [0.25, 0.3) is 5.91 Å². The second-order valence-electron chi connectivity index (χ2n) is 8.15. The van der Waals surface area contributed by atoms with Crippen molar-refractivity contribution in [2.75, 3.05) is 7.11 Å². The number of carbonyl (C=O) groups is 3. The third kappa shape index (κ3) is 6.29. The molecule has 0 saturated heterocycles. The molecule has 2 rings (SSSR count). The Hall–Kier alpha value is -2.41. The van der Waals surface area contributed by atoms with E-state index in [9.17, 15) is 19.5 Å². The number of esters is 1. The number of nitrogens with one attached hydrogen (secondary N) is 2. The van der Waals surface area contributed by atoms with Gasteiger partial charge in [0.1, 0.15) is 12.1 Å². The molecule has 1 saturated carbocycles. The Morgan fingerprint density at radius 1 is 1.07 bits per heavy atom. The van der Waals surface area contributed by atoms with Crippen molar-refractivity contribution in [3.63, 3.8) is 0 Å². The Balaban J connectivity index is 2.24. The second-order valence-corrected chi connectivity index (χ2v) is 8.15. The lowest BCUT2D eigenvalue weighted by molar-refractivity contribution is -0.147. The summed E-state index contributed by atoms with van der Waals surface area (Å²) in [6.45, 7) is 3.87. The van der Waals surface area contributed by atoms with E-state index in [1.54, 1.807) is 30.3 Å². The Kier molecular flexibility index (Phi) is 8.20. The third-order valence-electron chi connectivity index (χ3n) is 5.34. The van der Waals surface area contributed by atoms with Crippen molar-refractivity contribution in [2.45, 2.75) is 70.1 Å². The van der Waals surface area contributed by atoms with Crippen LogP contribution >= 0.6 is 0 Å². The molecule has 3 N–H and O–H groups in total. The summed E-state index contributed by atoms with van der Waals surface area (Å²) < 4.78 is 4.81. The maximum Gasteiger partial charge on any atom is 0.328 e. The number of methoxy groups -OCH3 is 1. The number of amides is 2. The zero-order valence-corrected chi connectivity index (χ0v) is 17.4. The average Bonchev–Trinajstić information content (AvgIpc) is 2.71. The Bertz CT molecular complexity index is 698. The molecule has 1 aromatic rings. The summed E-state index contributed by atoms with van der Waals surface area (Å²) in [4.78, 5) is 38.0. The van der Waals surface area contributed by atoms with Gasteiger partial charge in [-0.15, -0.1) is 0 Å². The van der Waals surface area contributed by atoms with Gasteiger partial charge >= 0.3 is 5.97 Å². The van der Waals surface area contributed by atoms with E-state index in [-0.39, 0.29) is 5.92 Å². The van der Waals surface area contributed by atoms with E-state index in [0.717, 1.165) is 19.3 Å². The van der Waals surface area contributed by atoms with Gasteiger partial charge in [-0.05, 0) is 37.3 Å². The molecule has 1 unspecified atom stereocenters. The molecule has 2 atom stereocenters. The lowest BCUT2D eigenvalue weighted by Gasteiger charge is -2.39. The molecule has 1 aliphatic carbocycles. The van der Waals surface area contributed by atoms with Crippen molar-refractivity contribution in [3.8, 4) is 0 Å². The molecule has 0 aromatic heterocycles. The zero-order chi connectivity index (χ0) is 21.4. The predicted octanol–water partition coefficient (Wildman–Crippen LogP) is 2.18. The minimum atomic E-state index is -1.36. The summed E-state index contributed by atoms with van der Waals surface area (Å²) in [5, 5.41) is 16.6. The molecule has 0 aliphatic heterocycles. The standard InChI is InChI=1S/C22H32N2O5/c1-15(2)14-17(21(27)29-3)23-20(26)18(22(28)12-8-5-9-13-22)24-19(25)16-10-6-4-7-11-16/h4,6-7,10-11,15,17-18,28H,5,8-9,12-14H2,1-3H3,(H,23,26)(H,24,25)/t17?,18-/m1/s1. The molecule has 1 fully saturated rings. The summed E-state index contributed by atoms with van der Waals surface area (Å²) >= 11 is 0. The van der Waals surface area contributed by atoms with Crippen molar-refractivity contribution in [2.24, 2.45) is 5.92 Å². The first kappa shape index (κ1) is 22.9. The lowest BCUT2D eigenvalue weighted by Crippen LogP contribution is -2.62. The molecule has 0 heterocycles. The van der Waals surface area contributed by atoms with Crippen LogP contribution in [0.4, 0.5) is 0 Å². The van der Waals surface area contributed by atoms with E-state index in [4.69, 9.17) is 4.74 Å². The average molecular weight is 405 g/mol. The first-order valence-electron chi connectivity index (χ1n) is 10.2. The van der Waals surface area contributed by atoms with Crippen LogP contribution in [0.2, 0.25) is 0 Å². The Labute approximate surface area is 172 Å². The summed E-state index contributed by atoms with van der Waals surface area (Å²) in [5.74, 6) is -1.41. The van der Waals surface area contributed by atoms with Gasteiger partial charge in [-0.1, -0.05) is 51.3 Å². The van der Waals surface area contributed by atoms with Crippen LogP contribution in [0.3, 0.4) is 0 Å².